The quantitative estimate of drug-likeness (QED) is 0.103. The van der Waals surface area contributed by atoms with Crippen molar-refractivity contribution in [2.75, 3.05) is 18.0 Å². The molecule has 0 heterocycles. The fraction of sp³-hybridized carbons (Fsp3) is 0.205. The predicted octanol–water partition coefficient (Wildman–Crippen LogP) is 6.75. The van der Waals surface area contributed by atoms with Crippen molar-refractivity contribution < 1.29 is 43.5 Å². The summed E-state index contributed by atoms with van der Waals surface area (Å²) in [6, 6.07) is 24.2. The first-order valence-electron chi connectivity index (χ1n) is 16.7. The number of aryl methyl sites for hydroxylation is 1. The average Bonchev–Trinajstić information content (AvgIpc) is 3.10. The minimum Gasteiger partial charge on any atom is -0.367 e. The van der Waals surface area contributed by atoms with E-state index in [2.05, 4.69) is 0 Å². The summed E-state index contributed by atoms with van der Waals surface area (Å²) in [7, 11) is -13.4. The standard InChI is InChI=1S/C39H40N2O9S3/c1-5-40(25-29-11-9-13-33(23-29)51(42,43)44)31-17-19-35(27(3)21-31)39(37-15-7-8-16-38(37)53(48,49)50)36-20-18-32(22-28(36)4)41(6-2)26-30-12-10-14-34(24-30)52(45,46)47/h7-24H,5-6,25-26H2,1-4H3,(H2-,42,43,44,45,46,47,48,49,50)/p+1. The van der Waals surface area contributed by atoms with Gasteiger partial charge in [0.2, 0.25) is 0 Å². The Balaban J connectivity index is 1.62. The van der Waals surface area contributed by atoms with Gasteiger partial charge in [-0.1, -0.05) is 48.5 Å². The van der Waals surface area contributed by atoms with Gasteiger partial charge in [0.1, 0.15) is 11.4 Å². The highest BCUT2D eigenvalue weighted by Gasteiger charge is 2.25. The highest BCUT2D eigenvalue weighted by atomic mass is 32.2. The molecule has 0 atom stereocenters. The minimum atomic E-state index is -4.63. The lowest BCUT2D eigenvalue weighted by Crippen LogP contribution is -2.22. The molecule has 11 nitrogen and oxygen atoms in total. The van der Waals surface area contributed by atoms with E-state index in [0.717, 1.165) is 33.7 Å². The summed E-state index contributed by atoms with van der Waals surface area (Å²) in [6.07, 6.45) is 5.76. The predicted molar refractivity (Wildman–Crippen MR) is 205 cm³/mol. The summed E-state index contributed by atoms with van der Waals surface area (Å²) in [4.78, 5) is 1.41. The number of benzene rings is 4. The van der Waals surface area contributed by atoms with Gasteiger partial charge >= 0.3 is 0 Å². The second-order valence-electron chi connectivity index (χ2n) is 12.6. The van der Waals surface area contributed by atoms with Crippen LogP contribution in [0.1, 0.15) is 48.6 Å². The van der Waals surface area contributed by atoms with Gasteiger partial charge < -0.3 is 4.90 Å². The zero-order chi connectivity index (χ0) is 38.7. The smallest absolute Gasteiger partial charge is 0.295 e. The van der Waals surface area contributed by atoms with Gasteiger partial charge in [0.25, 0.3) is 30.4 Å². The Morgan fingerprint density at radius 3 is 1.87 bits per heavy atom. The molecule has 3 N–H and O–H groups in total. The van der Waals surface area contributed by atoms with Gasteiger partial charge in [-0.25, -0.2) is 4.58 Å². The molecule has 4 aromatic carbocycles. The van der Waals surface area contributed by atoms with E-state index in [4.69, 9.17) is 0 Å². The van der Waals surface area contributed by atoms with Crippen LogP contribution in [0, 0.1) is 6.92 Å². The monoisotopic (exact) mass is 777 g/mol. The summed E-state index contributed by atoms with van der Waals surface area (Å²) in [5, 5.41) is 0. The van der Waals surface area contributed by atoms with E-state index in [1.54, 1.807) is 42.5 Å². The molecule has 0 spiro atoms. The minimum absolute atomic E-state index is 0.191. The molecule has 0 bridgehead atoms. The topological polar surface area (TPSA) is 169 Å². The van der Waals surface area contributed by atoms with Crippen molar-refractivity contribution in [3.05, 3.63) is 148 Å². The number of rotatable bonds is 12. The lowest BCUT2D eigenvalue weighted by atomic mass is 9.85. The van der Waals surface area contributed by atoms with E-state index >= 15 is 0 Å². The fourth-order valence-electron chi connectivity index (χ4n) is 6.40. The van der Waals surface area contributed by atoms with E-state index < -0.39 is 30.4 Å². The van der Waals surface area contributed by atoms with Crippen LogP contribution in [0.4, 0.5) is 5.69 Å². The van der Waals surface area contributed by atoms with Gasteiger partial charge in [0.15, 0.2) is 12.3 Å². The lowest BCUT2D eigenvalue weighted by molar-refractivity contribution is -0.539. The number of allylic oxidation sites excluding steroid dienone is 5. The zero-order valence-electron chi connectivity index (χ0n) is 29.6. The van der Waals surface area contributed by atoms with Crippen LogP contribution < -0.4 is 4.90 Å². The third kappa shape index (κ3) is 9.27. The molecular formula is C39H41N2O9S3+. The van der Waals surface area contributed by atoms with Crippen LogP contribution in [0.15, 0.2) is 135 Å². The molecule has 0 radical (unpaired) electrons. The lowest BCUT2D eigenvalue weighted by Gasteiger charge is -2.26. The van der Waals surface area contributed by atoms with Crippen LogP contribution in [0.25, 0.3) is 5.57 Å². The second kappa shape index (κ2) is 15.7. The summed E-state index contributed by atoms with van der Waals surface area (Å²) in [5.74, 6) is 0. The Bertz CT molecular complexity index is 2540. The zero-order valence-corrected chi connectivity index (χ0v) is 32.1. The maximum Gasteiger partial charge on any atom is 0.295 e. The van der Waals surface area contributed by atoms with E-state index in [9.17, 15) is 38.9 Å². The van der Waals surface area contributed by atoms with Crippen LogP contribution in [0.3, 0.4) is 0 Å². The van der Waals surface area contributed by atoms with E-state index in [0.29, 0.717) is 48.4 Å². The van der Waals surface area contributed by atoms with Gasteiger partial charge in [-0.2, -0.15) is 25.3 Å². The summed E-state index contributed by atoms with van der Waals surface area (Å²) < 4.78 is 104. The van der Waals surface area contributed by atoms with Crippen LogP contribution in [-0.4, -0.2) is 62.3 Å². The summed E-state index contributed by atoms with van der Waals surface area (Å²) >= 11 is 0. The molecule has 1 aliphatic rings. The van der Waals surface area contributed by atoms with Crippen molar-refractivity contribution in [2.45, 2.75) is 55.5 Å². The molecule has 278 valence electrons. The largest absolute Gasteiger partial charge is 0.367 e. The molecule has 0 fully saturated rings. The molecule has 0 saturated carbocycles. The first-order chi connectivity index (χ1) is 24.9. The molecule has 1 aliphatic carbocycles. The molecule has 14 heteroatoms. The second-order valence-corrected chi connectivity index (χ2v) is 16.9. The third-order valence-corrected chi connectivity index (χ3v) is 11.6. The van der Waals surface area contributed by atoms with Gasteiger partial charge in [-0.15, -0.1) is 0 Å². The number of hydrogen-bond acceptors (Lipinski definition) is 7. The summed E-state index contributed by atoms with van der Waals surface area (Å²) in [6.45, 7) is 9.61. The Kier molecular flexibility index (Phi) is 11.7. The average molecular weight is 778 g/mol. The van der Waals surface area contributed by atoms with Crippen molar-refractivity contribution in [1.29, 1.82) is 0 Å². The molecule has 5 rings (SSSR count). The molecule has 53 heavy (non-hydrogen) atoms. The number of anilines is 1. The van der Waals surface area contributed by atoms with Gasteiger partial charge in [0, 0.05) is 42.1 Å². The maximum absolute atomic E-state index is 12.7. The normalized spacial score (nSPS) is 15.6. The van der Waals surface area contributed by atoms with Crippen molar-refractivity contribution in [2.24, 2.45) is 0 Å². The highest BCUT2D eigenvalue weighted by Crippen LogP contribution is 2.38. The first-order valence-corrected chi connectivity index (χ1v) is 21.0. The van der Waals surface area contributed by atoms with Gasteiger partial charge in [-0.05, 0) is 110 Å². The molecule has 4 aromatic rings. The molecule has 0 unspecified atom stereocenters. The van der Waals surface area contributed by atoms with Gasteiger partial charge in [0.05, 0.1) is 9.79 Å². The van der Waals surface area contributed by atoms with Crippen molar-refractivity contribution >= 4 is 47.3 Å². The Hall–Kier alpha value is -4.70. The molecule has 0 saturated heterocycles. The highest BCUT2D eigenvalue weighted by molar-refractivity contribution is 7.86. The Morgan fingerprint density at radius 2 is 1.30 bits per heavy atom. The fourth-order valence-corrected chi connectivity index (χ4v) is 8.20. The Morgan fingerprint density at radius 1 is 0.679 bits per heavy atom. The van der Waals surface area contributed by atoms with E-state index in [1.807, 2.05) is 73.6 Å². The number of hydrogen-bond donors (Lipinski definition) is 3. The van der Waals surface area contributed by atoms with E-state index in [-0.39, 0.29) is 14.7 Å². The SMILES string of the molecule is CCN(Cc1cccc(S(=O)(=O)O)c1)c1ccc(C(=C2C=CC(=[N+](CC)Cc3cccc(S(=O)(=O)O)c3)C=C2C)c2ccccc2S(=O)(=O)O)c(C)c1. The van der Waals surface area contributed by atoms with Crippen molar-refractivity contribution in [1.82, 2.24) is 0 Å². The number of nitrogens with zero attached hydrogens (tertiary/aromatic N) is 2. The van der Waals surface area contributed by atoms with Crippen molar-refractivity contribution in [3.63, 3.8) is 0 Å². The van der Waals surface area contributed by atoms with Crippen LogP contribution >= 0.6 is 0 Å². The maximum atomic E-state index is 12.7. The molecule has 0 amide bonds. The van der Waals surface area contributed by atoms with Crippen LogP contribution in [-0.2, 0) is 43.4 Å². The molecule has 0 aromatic heterocycles. The third-order valence-electron chi connectivity index (χ3n) is 9.03. The summed E-state index contributed by atoms with van der Waals surface area (Å²) in [5.41, 5.74) is 6.98. The van der Waals surface area contributed by atoms with E-state index in [1.165, 1.54) is 30.3 Å². The first kappa shape index (κ1) is 39.5. The molecule has 0 aliphatic heterocycles. The van der Waals surface area contributed by atoms with Crippen molar-refractivity contribution in [3.8, 4) is 0 Å². The van der Waals surface area contributed by atoms with Gasteiger partial charge in [-0.3, -0.25) is 13.7 Å². The van der Waals surface area contributed by atoms with Crippen LogP contribution in [0.2, 0.25) is 0 Å². The van der Waals surface area contributed by atoms with Crippen LogP contribution in [0.5, 0.6) is 0 Å². The molecular weight excluding hydrogens is 737 g/mol. The Labute approximate surface area is 311 Å².